The van der Waals surface area contributed by atoms with Gasteiger partial charge in [0.2, 0.25) is 5.95 Å². The third-order valence-electron chi connectivity index (χ3n) is 2.54. The Labute approximate surface area is 108 Å². The summed E-state index contributed by atoms with van der Waals surface area (Å²) >= 11 is 0. The first kappa shape index (κ1) is 13.1. The molecule has 0 fully saturated rings. The molecule has 0 saturated carbocycles. The lowest BCUT2D eigenvalue weighted by molar-refractivity contribution is 0.379. The Morgan fingerprint density at radius 3 is 2.47 bits per heavy atom. The number of nitrogens with one attached hydrogen (secondary N) is 1. The van der Waals surface area contributed by atoms with E-state index in [9.17, 15) is 8.78 Å². The topological polar surface area (TPSA) is 59.9 Å². The molecule has 0 amide bonds. The molecule has 100 valence electrons. The molecule has 0 saturated heterocycles. The van der Waals surface area contributed by atoms with E-state index in [1.807, 2.05) is 0 Å². The van der Waals surface area contributed by atoms with E-state index < -0.39 is 11.6 Å². The first-order chi connectivity index (χ1) is 9.06. The maximum atomic E-state index is 13.9. The zero-order valence-electron chi connectivity index (χ0n) is 10.7. The Bertz CT molecular complexity index is 597. The van der Waals surface area contributed by atoms with Gasteiger partial charge in [0.15, 0.2) is 17.5 Å². The fraction of sp³-hybridized carbons (Fsp3) is 0.250. The van der Waals surface area contributed by atoms with Crippen LogP contribution in [0.3, 0.4) is 0 Å². The normalized spacial score (nSPS) is 10.4. The minimum atomic E-state index is -0.990. The highest BCUT2D eigenvalue weighted by molar-refractivity contribution is 5.58. The van der Waals surface area contributed by atoms with Gasteiger partial charge in [-0.15, -0.1) is 0 Å². The summed E-state index contributed by atoms with van der Waals surface area (Å²) in [5, 5.41) is 2.70. The van der Waals surface area contributed by atoms with Crippen molar-refractivity contribution in [1.82, 2.24) is 15.0 Å². The summed E-state index contributed by atoms with van der Waals surface area (Å²) in [5.41, 5.74) is 0.177. The van der Waals surface area contributed by atoms with Crippen molar-refractivity contribution in [1.29, 1.82) is 0 Å². The zero-order chi connectivity index (χ0) is 14.0. The first-order valence-electron chi connectivity index (χ1n) is 5.49. The molecule has 7 heteroatoms. The molecule has 0 atom stereocenters. The summed E-state index contributed by atoms with van der Waals surface area (Å²) in [6.07, 6.45) is 0. The van der Waals surface area contributed by atoms with E-state index in [0.29, 0.717) is 0 Å². The molecular formula is C12H12F2N4O. The van der Waals surface area contributed by atoms with Gasteiger partial charge in [-0.2, -0.15) is 15.0 Å². The second-order valence-corrected chi connectivity index (χ2v) is 3.78. The van der Waals surface area contributed by atoms with E-state index in [1.165, 1.54) is 26.2 Å². The van der Waals surface area contributed by atoms with E-state index in [-0.39, 0.29) is 28.9 Å². The number of aryl methyl sites for hydroxylation is 1. The van der Waals surface area contributed by atoms with Crippen LogP contribution in [0, 0.1) is 18.6 Å². The number of nitrogens with zero attached hydrogens (tertiary/aromatic N) is 3. The molecular weight excluding hydrogens is 254 g/mol. The van der Waals surface area contributed by atoms with Crippen molar-refractivity contribution in [2.75, 3.05) is 19.5 Å². The summed E-state index contributed by atoms with van der Waals surface area (Å²) in [7, 11) is 2.98. The van der Waals surface area contributed by atoms with Crippen LogP contribution >= 0.6 is 0 Å². The van der Waals surface area contributed by atoms with Crippen LogP contribution in [0.15, 0.2) is 12.1 Å². The molecule has 1 aromatic heterocycles. The highest BCUT2D eigenvalue weighted by Crippen LogP contribution is 2.25. The third kappa shape index (κ3) is 2.44. The van der Waals surface area contributed by atoms with Gasteiger partial charge < -0.3 is 10.1 Å². The van der Waals surface area contributed by atoms with E-state index in [2.05, 4.69) is 20.3 Å². The molecule has 1 N–H and O–H groups in total. The lowest BCUT2D eigenvalue weighted by atomic mass is 10.1. The van der Waals surface area contributed by atoms with Crippen LogP contribution in [-0.2, 0) is 0 Å². The summed E-state index contributed by atoms with van der Waals surface area (Å²) in [4.78, 5) is 11.8. The van der Waals surface area contributed by atoms with Crippen molar-refractivity contribution < 1.29 is 13.5 Å². The highest BCUT2D eigenvalue weighted by Gasteiger charge is 2.16. The Morgan fingerprint density at radius 1 is 1.11 bits per heavy atom. The van der Waals surface area contributed by atoms with Crippen LogP contribution in [-0.4, -0.2) is 29.1 Å². The van der Waals surface area contributed by atoms with E-state index in [1.54, 1.807) is 7.05 Å². The molecule has 0 spiro atoms. The van der Waals surface area contributed by atoms with Gasteiger partial charge in [0, 0.05) is 7.05 Å². The van der Waals surface area contributed by atoms with Gasteiger partial charge in [-0.3, -0.25) is 0 Å². The van der Waals surface area contributed by atoms with Gasteiger partial charge in [-0.05, 0) is 18.6 Å². The molecule has 0 aliphatic heterocycles. The summed E-state index contributed by atoms with van der Waals surface area (Å²) in [5.74, 6) is -1.69. The maximum Gasteiger partial charge on any atom is 0.321 e. The zero-order valence-corrected chi connectivity index (χ0v) is 10.7. The molecule has 1 aromatic carbocycles. The molecule has 0 bridgehead atoms. The number of hydrogen-bond acceptors (Lipinski definition) is 5. The minimum absolute atomic E-state index is 0.00704. The van der Waals surface area contributed by atoms with Crippen molar-refractivity contribution in [3.8, 4) is 17.4 Å². The SMILES string of the molecule is CNc1nc(OC)nc(-c2ccc(C)c(F)c2F)n1. The van der Waals surface area contributed by atoms with Crippen LogP contribution in [0.5, 0.6) is 6.01 Å². The number of hydrogen-bond donors (Lipinski definition) is 1. The predicted molar refractivity (Wildman–Crippen MR) is 66.0 cm³/mol. The van der Waals surface area contributed by atoms with Crippen molar-refractivity contribution >= 4 is 5.95 Å². The highest BCUT2D eigenvalue weighted by atomic mass is 19.2. The summed E-state index contributed by atoms with van der Waals surface area (Å²) < 4.78 is 32.3. The van der Waals surface area contributed by atoms with Crippen LogP contribution < -0.4 is 10.1 Å². The van der Waals surface area contributed by atoms with Crippen LogP contribution in [0.25, 0.3) is 11.4 Å². The average molecular weight is 266 g/mol. The molecule has 1 heterocycles. The van der Waals surface area contributed by atoms with Gasteiger partial charge in [0.1, 0.15) is 0 Å². The minimum Gasteiger partial charge on any atom is -0.467 e. The predicted octanol–water partition coefficient (Wildman–Crippen LogP) is 2.18. The maximum absolute atomic E-state index is 13.9. The number of halogens is 2. The first-order valence-corrected chi connectivity index (χ1v) is 5.49. The van der Waals surface area contributed by atoms with Gasteiger partial charge in [-0.25, -0.2) is 8.78 Å². The summed E-state index contributed by atoms with van der Waals surface area (Å²) in [6.45, 7) is 1.48. The number of benzene rings is 1. The Balaban J connectivity index is 2.61. The Kier molecular flexibility index (Phi) is 3.55. The lowest BCUT2D eigenvalue weighted by Gasteiger charge is -2.07. The number of aromatic nitrogens is 3. The van der Waals surface area contributed by atoms with E-state index in [4.69, 9.17) is 4.74 Å². The quantitative estimate of drug-likeness (QED) is 0.922. The van der Waals surface area contributed by atoms with Crippen molar-refractivity contribution in [2.24, 2.45) is 0 Å². The van der Waals surface area contributed by atoms with Gasteiger partial charge in [0.25, 0.3) is 0 Å². The molecule has 2 rings (SSSR count). The van der Waals surface area contributed by atoms with Crippen LogP contribution in [0.4, 0.5) is 14.7 Å². The van der Waals surface area contributed by atoms with E-state index in [0.717, 1.165) is 0 Å². The Hall–Kier alpha value is -2.31. The van der Waals surface area contributed by atoms with Gasteiger partial charge in [-0.1, -0.05) is 6.07 Å². The number of ether oxygens (including phenoxy) is 1. The molecule has 0 unspecified atom stereocenters. The van der Waals surface area contributed by atoms with Crippen molar-refractivity contribution in [3.63, 3.8) is 0 Å². The fourth-order valence-electron chi connectivity index (χ4n) is 1.50. The molecule has 5 nitrogen and oxygen atoms in total. The molecule has 2 aromatic rings. The molecule has 0 aliphatic carbocycles. The summed E-state index contributed by atoms with van der Waals surface area (Å²) in [6, 6.07) is 2.90. The van der Waals surface area contributed by atoms with Crippen LogP contribution in [0.2, 0.25) is 0 Å². The van der Waals surface area contributed by atoms with E-state index >= 15 is 0 Å². The van der Waals surface area contributed by atoms with Crippen LogP contribution in [0.1, 0.15) is 5.56 Å². The fourth-order valence-corrected chi connectivity index (χ4v) is 1.50. The molecule has 19 heavy (non-hydrogen) atoms. The smallest absolute Gasteiger partial charge is 0.321 e. The third-order valence-corrected chi connectivity index (χ3v) is 2.54. The largest absolute Gasteiger partial charge is 0.467 e. The number of rotatable bonds is 3. The number of anilines is 1. The second-order valence-electron chi connectivity index (χ2n) is 3.78. The van der Waals surface area contributed by atoms with Crippen molar-refractivity contribution in [2.45, 2.75) is 6.92 Å². The molecule has 0 radical (unpaired) electrons. The second kappa shape index (κ2) is 5.13. The van der Waals surface area contributed by atoms with Gasteiger partial charge >= 0.3 is 6.01 Å². The lowest BCUT2D eigenvalue weighted by Crippen LogP contribution is -2.04. The standard InChI is InChI=1S/C12H12F2N4O/c1-6-4-5-7(9(14)8(6)13)10-16-11(15-2)18-12(17-10)19-3/h4-5H,1-3H3,(H,15,16,17,18). The number of methoxy groups -OCH3 is 1. The Morgan fingerprint density at radius 2 is 1.84 bits per heavy atom. The molecule has 0 aliphatic rings. The van der Waals surface area contributed by atoms with Crippen molar-refractivity contribution in [3.05, 3.63) is 29.3 Å². The average Bonchev–Trinajstić information content (AvgIpc) is 2.44. The van der Waals surface area contributed by atoms with Gasteiger partial charge in [0.05, 0.1) is 12.7 Å². The monoisotopic (exact) mass is 266 g/mol.